The van der Waals surface area contributed by atoms with Crippen LogP contribution in [0.4, 0.5) is 0 Å². The first-order valence-electron chi connectivity index (χ1n) is 5.67. The molecule has 0 aromatic carbocycles. The Labute approximate surface area is 83.4 Å². The van der Waals surface area contributed by atoms with Gasteiger partial charge in [-0.3, -0.25) is 5.73 Å². The molecule has 0 fully saturated rings. The molecule has 1 radical (unpaired) electrons. The van der Waals surface area contributed by atoms with Crippen molar-refractivity contribution in [3.8, 4) is 0 Å². The van der Waals surface area contributed by atoms with Gasteiger partial charge in [-0.2, -0.15) is 0 Å². The summed E-state index contributed by atoms with van der Waals surface area (Å²) in [6.07, 6.45) is 12.7. The van der Waals surface area contributed by atoms with E-state index in [1.54, 1.807) is 0 Å². The maximum absolute atomic E-state index is 7.64. The summed E-state index contributed by atoms with van der Waals surface area (Å²) in [4.78, 5) is 0. The number of allylic oxidation sites excluding steroid dienone is 1. The average Bonchev–Trinajstić information content (AvgIpc) is 2.11. The molecule has 0 aromatic rings. The van der Waals surface area contributed by atoms with Crippen LogP contribution in [0.5, 0.6) is 0 Å². The number of hydrogen-bond acceptors (Lipinski definition) is 0. The van der Waals surface area contributed by atoms with Gasteiger partial charge in [0.2, 0.25) is 0 Å². The molecule has 0 spiro atoms. The lowest BCUT2D eigenvalue weighted by molar-refractivity contribution is 0.593. The first-order valence-corrected chi connectivity index (χ1v) is 5.67. The summed E-state index contributed by atoms with van der Waals surface area (Å²) in [5.74, 6) is 0. The largest absolute Gasteiger partial charge is 0.254 e. The summed E-state index contributed by atoms with van der Waals surface area (Å²) in [5.41, 5.74) is 7.64. The zero-order valence-electron chi connectivity index (χ0n) is 9.18. The normalized spacial score (nSPS) is 13.8. The van der Waals surface area contributed by atoms with Gasteiger partial charge in [0.15, 0.2) is 0 Å². The van der Waals surface area contributed by atoms with E-state index in [-0.39, 0.29) is 6.04 Å². The summed E-state index contributed by atoms with van der Waals surface area (Å²) in [6.45, 7) is 4.37. The molecule has 0 aliphatic carbocycles. The Bertz CT molecular complexity index is 118. The van der Waals surface area contributed by atoms with E-state index in [2.05, 4.69) is 26.0 Å². The number of rotatable bonds is 8. The lowest BCUT2D eigenvalue weighted by Gasteiger charge is -2.03. The molecule has 0 heterocycles. The molecule has 0 amide bonds. The predicted octanol–water partition coefficient (Wildman–Crippen LogP) is 3.96. The van der Waals surface area contributed by atoms with Crippen LogP contribution < -0.4 is 5.73 Å². The lowest BCUT2D eigenvalue weighted by atomic mass is 10.1. The molecule has 0 bridgehead atoms. The molecular formula is C12H24N. The van der Waals surface area contributed by atoms with Crippen molar-refractivity contribution >= 4 is 0 Å². The van der Waals surface area contributed by atoms with Gasteiger partial charge in [0.25, 0.3) is 0 Å². The van der Waals surface area contributed by atoms with E-state index < -0.39 is 0 Å². The van der Waals surface area contributed by atoms with E-state index in [0.717, 1.165) is 19.3 Å². The number of hydrogen-bond donors (Lipinski definition) is 0. The fourth-order valence-electron chi connectivity index (χ4n) is 1.36. The third-order valence-corrected chi connectivity index (χ3v) is 2.20. The topological polar surface area (TPSA) is 23.8 Å². The van der Waals surface area contributed by atoms with Crippen molar-refractivity contribution in [2.24, 2.45) is 0 Å². The van der Waals surface area contributed by atoms with Crippen molar-refractivity contribution in [3.05, 3.63) is 12.2 Å². The standard InChI is InChI=1S/C12H24N/c1-3-5-6-7-8-9-11-12(13)10-4-2/h8-9,12-13H,3-7,10-11H2,1-2H3/b9-8+. The highest BCUT2D eigenvalue weighted by Crippen LogP contribution is 2.03. The Balaban J connectivity index is 3.19. The fraction of sp³-hybridized carbons (Fsp3) is 0.833. The third-order valence-electron chi connectivity index (χ3n) is 2.20. The molecule has 1 unspecified atom stereocenters. The Morgan fingerprint density at radius 3 is 2.46 bits per heavy atom. The Morgan fingerprint density at radius 2 is 1.85 bits per heavy atom. The van der Waals surface area contributed by atoms with Gasteiger partial charge in [-0.1, -0.05) is 45.3 Å². The van der Waals surface area contributed by atoms with Crippen LogP contribution in [0.15, 0.2) is 12.2 Å². The first kappa shape index (κ1) is 12.7. The van der Waals surface area contributed by atoms with Crippen molar-refractivity contribution in [3.63, 3.8) is 0 Å². The van der Waals surface area contributed by atoms with Crippen molar-refractivity contribution in [1.29, 1.82) is 0 Å². The molecule has 0 aliphatic rings. The van der Waals surface area contributed by atoms with Crippen molar-refractivity contribution in [2.75, 3.05) is 0 Å². The van der Waals surface area contributed by atoms with Crippen molar-refractivity contribution < 1.29 is 0 Å². The Morgan fingerprint density at radius 1 is 1.08 bits per heavy atom. The fourth-order valence-corrected chi connectivity index (χ4v) is 1.36. The van der Waals surface area contributed by atoms with Gasteiger partial charge < -0.3 is 0 Å². The molecule has 1 nitrogen and oxygen atoms in total. The van der Waals surface area contributed by atoms with Crippen molar-refractivity contribution in [2.45, 2.75) is 64.8 Å². The molecule has 1 heteroatoms. The van der Waals surface area contributed by atoms with E-state index in [1.807, 2.05) is 0 Å². The Kier molecular flexibility index (Phi) is 9.56. The highest BCUT2D eigenvalue weighted by molar-refractivity contribution is 4.84. The monoisotopic (exact) mass is 182 g/mol. The minimum atomic E-state index is 0.132. The van der Waals surface area contributed by atoms with E-state index in [4.69, 9.17) is 5.73 Å². The second-order valence-electron chi connectivity index (χ2n) is 3.69. The van der Waals surface area contributed by atoms with Crippen LogP contribution in [0.2, 0.25) is 0 Å². The predicted molar refractivity (Wildman–Crippen MR) is 59.7 cm³/mol. The molecule has 1 N–H and O–H groups in total. The summed E-state index contributed by atoms with van der Waals surface area (Å²) in [6, 6.07) is 0.132. The van der Waals surface area contributed by atoms with Gasteiger partial charge >= 0.3 is 0 Å². The lowest BCUT2D eigenvalue weighted by Crippen LogP contribution is -2.05. The van der Waals surface area contributed by atoms with Gasteiger partial charge in [-0.15, -0.1) is 0 Å². The molecule has 13 heavy (non-hydrogen) atoms. The third kappa shape index (κ3) is 9.62. The van der Waals surface area contributed by atoms with Crippen LogP contribution in [0.1, 0.15) is 58.8 Å². The summed E-state index contributed by atoms with van der Waals surface area (Å²) in [7, 11) is 0. The summed E-state index contributed by atoms with van der Waals surface area (Å²) >= 11 is 0. The quantitative estimate of drug-likeness (QED) is 0.401. The number of nitrogens with one attached hydrogen (secondary N) is 1. The zero-order chi connectivity index (χ0) is 9.94. The molecule has 0 saturated carbocycles. The molecule has 0 aliphatic heterocycles. The van der Waals surface area contributed by atoms with Gasteiger partial charge in [-0.25, -0.2) is 0 Å². The van der Waals surface area contributed by atoms with Crippen LogP contribution in [-0.2, 0) is 0 Å². The summed E-state index contributed by atoms with van der Waals surface area (Å²) in [5, 5.41) is 0. The van der Waals surface area contributed by atoms with Gasteiger partial charge in [0.1, 0.15) is 0 Å². The van der Waals surface area contributed by atoms with Gasteiger partial charge in [-0.05, 0) is 25.7 Å². The molecule has 0 aromatic heterocycles. The maximum atomic E-state index is 7.64. The molecule has 1 atom stereocenters. The van der Waals surface area contributed by atoms with Gasteiger partial charge in [0, 0.05) is 6.04 Å². The van der Waals surface area contributed by atoms with E-state index in [0.29, 0.717) is 0 Å². The highest BCUT2D eigenvalue weighted by atomic mass is 14.6. The minimum absolute atomic E-state index is 0.132. The minimum Gasteiger partial charge on any atom is -0.254 e. The SMILES string of the molecule is CCCCC/C=C/CC([NH])CCC. The average molecular weight is 182 g/mol. The molecule has 77 valence electrons. The highest BCUT2D eigenvalue weighted by Gasteiger charge is 1.96. The first-order chi connectivity index (χ1) is 6.31. The van der Waals surface area contributed by atoms with Crippen LogP contribution in [0, 0.1) is 0 Å². The van der Waals surface area contributed by atoms with Crippen LogP contribution in [0.25, 0.3) is 0 Å². The molecule has 0 rings (SSSR count). The van der Waals surface area contributed by atoms with Crippen LogP contribution >= 0.6 is 0 Å². The van der Waals surface area contributed by atoms with E-state index in [9.17, 15) is 0 Å². The smallest absolute Gasteiger partial charge is 0.0247 e. The number of unbranched alkanes of at least 4 members (excludes halogenated alkanes) is 3. The van der Waals surface area contributed by atoms with Crippen LogP contribution in [-0.4, -0.2) is 6.04 Å². The van der Waals surface area contributed by atoms with Gasteiger partial charge in [0.05, 0.1) is 0 Å². The Hall–Kier alpha value is -0.300. The van der Waals surface area contributed by atoms with Crippen molar-refractivity contribution in [1.82, 2.24) is 5.73 Å². The zero-order valence-corrected chi connectivity index (χ0v) is 9.18. The van der Waals surface area contributed by atoms with E-state index >= 15 is 0 Å². The molecular weight excluding hydrogens is 158 g/mol. The maximum Gasteiger partial charge on any atom is 0.0247 e. The summed E-state index contributed by atoms with van der Waals surface area (Å²) < 4.78 is 0. The second kappa shape index (κ2) is 9.79. The molecule has 0 saturated heterocycles. The van der Waals surface area contributed by atoms with E-state index in [1.165, 1.54) is 25.7 Å². The van der Waals surface area contributed by atoms with Crippen LogP contribution in [0.3, 0.4) is 0 Å². The second-order valence-corrected chi connectivity index (χ2v) is 3.69.